The Balaban J connectivity index is 0.000000246. The largest absolute Gasteiger partial charge is 0.396 e. The summed E-state index contributed by atoms with van der Waals surface area (Å²) < 4.78 is 28.0. The monoisotopic (exact) mass is 618 g/mol. The van der Waals surface area contributed by atoms with E-state index in [4.69, 9.17) is 20.4 Å². The SMILES string of the molecule is CCc1cc(CCC(CO)CO)ccc1-c1ccccc1F.CCc1cc(CCCC(CO)CO)ccc1-c1ccccc1F. The van der Waals surface area contributed by atoms with Crippen molar-refractivity contribution in [1.82, 2.24) is 0 Å². The third kappa shape index (κ3) is 10.6. The molecule has 0 bridgehead atoms. The molecule has 45 heavy (non-hydrogen) atoms. The highest BCUT2D eigenvalue weighted by Gasteiger charge is 2.12. The Kier molecular flexibility index (Phi) is 15.4. The lowest BCUT2D eigenvalue weighted by Gasteiger charge is -2.14. The Morgan fingerprint density at radius 1 is 0.511 bits per heavy atom. The second kappa shape index (κ2) is 19.2. The summed E-state index contributed by atoms with van der Waals surface area (Å²) in [4.78, 5) is 0. The van der Waals surface area contributed by atoms with Crippen LogP contribution in [0.1, 0.15) is 55.4 Å². The number of aliphatic hydroxyl groups is 4. The second-order valence-corrected chi connectivity index (χ2v) is 11.5. The zero-order chi connectivity index (χ0) is 32.6. The molecule has 0 radical (unpaired) electrons. The molecule has 0 heterocycles. The van der Waals surface area contributed by atoms with Gasteiger partial charge in [0.25, 0.3) is 0 Å². The Labute approximate surface area is 267 Å². The molecule has 4 aromatic carbocycles. The molecule has 4 nitrogen and oxygen atoms in total. The van der Waals surface area contributed by atoms with Crippen molar-refractivity contribution < 1.29 is 29.2 Å². The van der Waals surface area contributed by atoms with E-state index in [0.717, 1.165) is 72.8 Å². The molecule has 4 rings (SSSR count). The number of hydrogen-bond donors (Lipinski definition) is 4. The average Bonchev–Trinajstić information content (AvgIpc) is 3.08. The summed E-state index contributed by atoms with van der Waals surface area (Å²) in [5.41, 5.74) is 7.81. The molecule has 0 aliphatic rings. The summed E-state index contributed by atoms with van der Waals surface area (Å²) in [6, 6.07) is 26.0. The minimum atomic E-state index is -0.203. The van der Waals surface area contributed by atoms with Crippen LogP contribution in [0, 0.1) is 23.5 Å². The molecule has 242 valence electrons. The van der Waals surface area contributed by atoms with Crippen LogP contribution in [0.5, 0.6) is 0 Å². The first-order chi connectivity index (χ1) is 21.9. The van der Waals surface area contributed by atoms with Crippen molar-refractivity contribution in [1.29, 1.82) is 0 Å². The number of hydrogen-bond acceptors (Lipinski definition) is 4. The molecule has 0 unspecified atom stereocenters. The minimum absolute atomic E-state index is 0.00441. The molecule has 0 saturated carbocycles. The van der Waals surface area contributed by atoms with Crippen molar-refractivity contribution in [2.45, 2.75) is 58.8 Å². The van der Waals surface area contributed by atoms with Gasteiger partial charge in [-0.3, -0.25) is 0 Å². The highest BCUT2D eigenvalue weighted by molar-refractivity contribution is 5.69. The van der Waals surface area contributed by atoms with E-state index in [0.29, 0.717) is 11.1 Å². The molecule has 0 aromatic heterocycles. The van der Waals surface area contributed by atoms with Gasteiger partial charge in [0.15, 0.2) is 0 Å². The highest BCUT2D eigenvalue weighted by Crippen LogP contribution is 2.29. The van der Waals surface area contributed by atoms with Crippen molar-refractivity contribution in [2.24, 2.45) is 11.8 Å². The topological polar surface area (TPSA) is 80.9 Å². The molecule has 0 atom stereocenters. The summed E-state index contributed by atoms with van der Waals surface area (Å²) >= 11 is 0. The normalized spacial score (nSPS) is 11.2. The maximum absolute atomic E-state index is 14.0. The second-order valence-electron chi connectivity index (χ2n) is 11.5. The van der Waals surface area contributed by atoms with E-state index >= 15 is 0 Å². The predicted molar refractivity (Wildman–Crippen MR) is 179 cm³/mol. The van der Waals surface area contributed by atoms with Crippen molar-refractivity contribution in [2.75, 3.05) is 26.4 Å². The van der Waals surface area contributed by atoms with Crippen molar-refractivity contribution in [3.05, 3.63) is 119 Å². The van der Waals surface area contributed by atoms with Crippen molar-refractivity contribution in [3.8, 4) is 22.3 Å². The van der Waals surface area contributed by atoms with Crippen LogP contribution in [0.25, 0.3) is 22.3 Å². The number of halogens is 2. The lowest BCUT2D eigenvalue weighted by molar-refractivity contribution is 0.142. The number of aryl methyl sites for hydroxylation is 4. The molecular weight excluding hydrogens is 570 g/mol. The van der Waals surface area contributed by atoms with Gasteiger partial charge in [-0.1, -0.05) is 86.6 Å². The van der Waals surface area contributed by atoms with Gasteiger partial charge < -0.3 is 20.4 Å². The molecule has 0 saturated heterocycles. The smallest absolute Gasteiger partial charge is 0.131 e. The quantitative estimate of drug-likeness (QED) is 0.111. The van der Waals surface area contributed by atoms with Gasteiger partial charge >= 0.3 is 0 Å². The number of rotatable bonds is 15. The minimum Gasteiger partial charge on any atom is -0.396 e. The third-order valence-electron chi connectivity index (χ3n) is 8.38. The lowest BCUT2D eigenvalue weighted by atomic mass is 9.93. The van der Waals surface area contributed by atoms with Crippen LogP contribution < -0.4 is 0 Å². The summed E-state index contributed by atoms with van der Waals surface area (Å²) in [6.07, 6.45) is 5.87. The third-order valence-corrected chi connectivity index (χ3v) is 8.38. The Bertz CT molecular complexity index is 1450. The van der Waals surface area contributed by atoms with Gasteiger partial charge in [-0.25, -0.2) is 8.78 Å². The first kappa shape index (κ1) is 36.1. The van der Waals surface area contributed by atoms with Crippen LogP contribution in [-0.4, -0.2) is 46.9 Å². The Morgan fingerprint density at radius 2 is 0.933 bits per heavy atom. The molecule has 0 spiro atoms. The summed E-state index contributed by atoms with van der Waals surface area (Å²) in [5.74, 6) is -0.496. The van der Waals surface area contributed by atoms with Crippen LogP contribution >= 0.6 is 0 Å². The van der Waals surface area contributed by atoms with E-state index < -0.39 is 0 Å². The summed E-state index contributed by atoms with van der Waals surface area (Å²) in [5, 5.41) is 36.4. The molecule has 6 heteroatoms. The van der Waals surface area contributed by atoms with Crippen LogP contribution in [0.15, 0.2) is 84.9 Å². The van der Waals surface area contributed by atoms with Crippen LogP contribution in [0.3, 0.4) is 0 Å². The molecule has 0 fully saturated rings. The van der Waals surface area contributed by atoms with E-state index in [2.05, 4.69) is 26.0 Å². The van der Waals surface area contributed by atoms with E-state index in [1.54, 1.807) is 18.2 Å². The van der Waals surface area contributed by atoms with Crippen molar-refractivity contribution >= 4 is 0 Å². The van der Waals surface area contributed by atoms with Crippen LogP contribution in [0.4, 0.5) is 8.78 Å². The maximum atomic E-state index is 14.0. The summed E-state index contributed by atoms with van der Waals surface area (Å²) in [7, 11) is 0. The zero-order valence-corrected chi connectivity index (χ0v) is 26.6. The fraction of sp³-hybridized carbons (Fsp3) is 0.385. The molecule has 0 aliphatic heterocycles. The van der Waals surface area contributed by atoms with Gasteiger partial charge in [-0.05, 0) is 90.5 Å². The molecular formula is C39H48F2O4. The Hall–Kier alpha value is -3.42. The van der Waals surface area contributed by atoms with Crippen LogP contribution in [0.2, 0.25) is 0 Å². The summed E-state index contributed by atoms with van der Waals surface area (Å²) in [6.45, 7) is 4.21. The van der Waals surface area contributed by atoms with Gasteiger partial charge in [0, 0.05) is 49.4 Å². The van der Waals surface area contributed by atoms with Gasteiger partial charge in [0.2, 0.25) is 0 Å². The van der Waals surface area contributed by atoms with Gasteiger partial charge in [0.05, 0.1) is 0 Å². The first-order valence-electron chi connectivity index (χ1n) is 16.1. The van der Waals surface area contributed by atoms with Gasteiger partial charge in [-0.2, -0.15) is 0 Å². The lowest BCUT2D eigenvalue weighted by Crippen LogP contribution is -2.12. The van der Waals surface area contributed by atoms with E-state index in [1.165, 1.54) is 17.7 Å². The standard InChI is InChI=1S/C20H25FO2.C19H23FO2/c1-2-17-12-15(6-5-7-16(13-22)14-23)10-11-18(17)19-8-3-4-9-20(19)21;1-2-16-11-14(7-8-15(12-21)13-22)9-10-17(16)18-5-3-4-6-19(18)20/h3-4,8-12,16,22-23H,2,5-7,13-14H2,1H3;3-6,9-11,15,21-22H,2,7-8,12-13H2,1H3. The van der Waals surface area contributed by atoms with E-state index in [1.807, 2.05) is 42.5 Å². The number of aliphatic hydroxyl groups excluding tert-OH is 4. The van der Waals surface area contributed by atoms with Crippen LogP contribution in [-0.2, 0) is 25.7 Å². The highest BCUT2D eigenvalue weighted by atomic mass is 19.1. The predicted octanol–water partition coefficient (Wildman–Crippen LogP) is 7.57. The molecule has 0 aliphatic carbocycles. The molecule has 0 amide bonds. The van der Waals surface area contributed by atoms with E-state index in [-0.39, 0.29) is 49.9 Å². The van der Waals surface area contributed by atoms with Gasteiger partial charge in [-0.15, -0.1) is 0 Å². The Morgan fingerprint density at radius 3 is 1.36 bits per heavy atom. The number of benzene rings is 4. The fourth-order valence-corrected chi connectivity index (χ4v) is 5.52. The maximum Gasteiger partial charge on any atom is 0.131 e. The van der Waals surface area contributed by atoms with Gasteiger partial charge in [0.1, 0.15) is 11.6 Å². The zero-order valence-electron chi connectivity index (χ0n) is 26.6. The molecule has 4 aromatic rings. The average molecular weight is 619 g/mol. The van der Waals surface area contributed by atoms with E-state index in [9.17, 15) is 8.78 Å². The van der Waals surface area contributed by atoms with Crippen molar-refractivity contribution in [3.63, 3.8) is 0 Å². The fourth-order valence-electron chi connectivity index (χ4n) is 5.52. The first-order valence-corrected chi connectivity index (χ1v) is 16.1. The molecule has 4 N–H and O–H groups in total.